The van der Waals surface area contributed by atoms with Crippen molar-refractivity contribution in [2.24, 2.45) is 0 Å². The van der Waals surface area contributed by atoms with E-state index in [4.69, 9.17) is 21.1 Å². The first-order valence-corrected chi connectivity index (χ1v) is 11.3. The maximum Gasteiger partial charge on any atom is 0.261 e. The van der Waals surface area contributed by atoms with Gasteiger partial charge in [0.15, 0.2) is 6.10 Å². The Bertz CT molecular complexity index is 1010. The number of benzene rings is 2. The Labute approximate surface area is 175 Å². The number of methoxy groups -OCH3 is 1. The Morgan fingerprint density at radius 2 is 2.03 bits per heavy atom. The van der Waals surface area contributed by atoms with E-state index in [1.165, 1.54) is 10.4 Å². The number of halogens is 1. The number of para-hydroxylation sites is 1. The minimum absolute atomic E-state index is 0.104. The molecule has 2 aromatic rings. The number of fused-ring (bicyclic) bond motifs is 1. The normalized spacial score (nSPS) is 17.5. The molecule has 3 rings (SSSR count). The van der Waals surface area contributed by atoms with E-state index >= 15 is 0 Å². The van der Waals surface area contributed by atoms with Crippen molar-refractivity contribution in [3.8, 4) is 11.5 Å². The van der Waals surface area contributed by atoms with E-state index in [-0.39, 0.29) is 24.9 Å². The molecule has 156 valence electrons. The lowest BCUT2D eigenvalue weighted by molar-refractivity contribution is -0.128. The molecule has 0 aromatic heterocycles. The molecule has 0 saturated heterocycles. The molecule has 2 atom stereocenters. The molecule has 0 unspecified atom stereocenters. The first-order chi connectivity index (χ1) is 13.7. The lowest BCUT2D eigenvalue weighted by atomic mass is 10.1. The van der Waals surface area contributed by atoms with Crippen molar-refractivity contribution in [2.45, 2.75) is 25.5 Å². The molecular formula is C20H23ClN2O5S. The number of nitrogens with one attached hydrogen (secondary N) is 1. The zero-order chi connectivity index (χ0) is 21.2. The van der Waals surface area contributed by atoms with Gasteiger partial charge < -0.3 is 14.8 Å². The van der Waals surface area contributed by atoms with Gasteiger partial charge in [0.2, 0.25) is 10.0 Å². The summed E-state index contributed by atoms with van der Waals surface area (Å²) in [6, 6.07) is 11.8. The summed E-state index contributed by atoms with van der Waals surface area (Å²) in [6.07, 6.45) is 0.463. The molecule has 0 aliphatic carbocycles. The van der Waals surface area contributed by atoms with Crippen LogP contribution < -0.4 is 19.1 Å². The number of hydrogen-bond donors (Lipinski definition) is 1. The zero-order valence-electron chi connectivity index (χ0n) is 16.4. The van der Waals surface area contributed by atoms with Gasteiger partial charge in [-0.15, -0.1) is 0 Å². The van der Waals surface area contributed by atoms with Gasteiger partial charge in [0.05, 0.1) is 25.1 Å². The van der Waals surface area contributed by atoms with E-state index in [0.717, 1.165) is 11.8 Å². The summed E-state index contributed by atoms with van der Waals surface area (Å²) in [4.78, 5) is 12.9. The standard InChI is InChI=1S/C20H23ClN2O5S/c1-13(15-6-4-5-7-17(15)27-2)22-20(24)19-10-11-23(29(3,25)26)16-12-14(21)8-9-18(16)28-19/h4-9,12-13,19H,10-11H2,1-3H3,(H,22,24)/t13-,19+/m0/s1. The molecular weight excluding hydrogens is 416 g/mol. The number of carbonyl (C=O) groups is 1. The highest BCUT2D eigenvalue weighted by atomic mass is 35.5. The van der Waals surface area contributed by atoms with Crippen LogP contribution in [0.2, 0.25) is 5.02 Å². The Morgan fingerprint density at radius 1 is 1.31 bits per heavy atom. The molecule has 1 aliphatic rings. The zero-order valence-corrected chi connectivity index (χ0v) is 18.0. The molecule has 1 amide bonds. The van der Waals surface area contributed by atoms with E-state index in [9.17, 15) is 13.2 Å². The quantitative estimate of drug-likeness (QED) is 0.775. The first-order valence-electron chi connectivity index (χ1n) is 9.08. The minimum Gasteiger partial charge on any atom is -0.496 e. The van der Waals surface area contributed by atoms with Crippen molar-refractivity contribution in [3.05, 3.63) is 53.1 Å². The van der Waals surface area contributed by atoms with Crippen molar-refractivity contribution in [1.29, 1.82) is 0 Å². The van der Waals surface area contributed by atoms with Crippen LogP contribution in [0.25, 0.3) is 0 Å². The summed E-state index contributed by atoms with van der Waals surface area (Å²) in [5.41, 5.74) is 1.16. The number of anilines is 1. The van der Waals surface area contributed by atoms with E-state index in [1.54, 1.807) is 19.2 Å². The summed E-state index contributed by atoms with van der Waals surface area (Å²) < 4.78 is 36.9. The van der Waals surface area contributed by atoms with Crippen LogP contribution >= 0.6 is 11.6 Å². The van der Waals surface area contributed by atoms with Crippen LogP contribution in [0.5, 0.6) is 11.5 Å². The molecule has 29 heavy (non-hydrogen) atoms. The van der Waals surface area contributed by atoms with Gasteiger partial charge in [-0.05, 0) is 31.2 Å². The van der Waals surface area contributed by atoms with E-state index in [2.05, 4.69) is 5.32 Å². The molecule has 7 nitrogen and oxygen atoms in total. The predicted molar refractivity (Wildman–Crippen MR) is 112 cm³/mol. The van der Waals surface area contributed by atoms with Crippen LogP contribution in [0.1, 0.15) is 24.9 Å². The third-order valence-electron chi connectivity index (χ3n) is 4.71. The van der Waals surface area contributed by atoms with Gasteiger partial charge in [0.1, 0.15) is 11.5 Å². The second-order valence-corrected chi connectivity index (χ2v) is 9.16. The first kappa shape index (κ1) is 21.3. The van der Waals surface area contributed by atoms with E-state index in [1.807, 2.05) is 31.2 Å². The van der Waals surface area contributed by atoms with Gasteiger partial charge >= 0.3 is 0 Å². The number of nitrogens with zero attached hydrogens (tertiary/aromatic N) is 1. The summed E-state index contributed by atoms with van der Waals surface area (Å²) in [6.45, 7) is 1.95. The molecule has 1 heterocycles. The molecule has 0 spiro atoms. The van der Waals surface area contributed by atoms with Gasteiger partial charge in [0.25, 0.3) is 5.91 Å². The number of carbonyl (C=O) groups excluding carboxylic acids is 1. The molecule has 0 radical (unpaired) electrons. The number of amides is 1. The van der Waals surface area contributed by atoms with Crippen molar-refractivity contribution in [1.82, 2.24) is 5.32 Å². The third-order valence-corrected chi connectivity index (χ3v) is 6.13. The Kier molecular flexibility index (Phi) is 6.24. The summed E-state index contributed by atoms with van der Waals surface area (Å²) in [5, 5.41) is 3.31. The molecule has 1 N–H and O–H groups in total. The topological polar surface area (TPSA) is 84.9 Å². The monoisotopic (exact) mass is 438 g/mol. The van der Waals surface area contributed by atoms with E-state index < -0.39 is 16.1 Å². The summed E-state index contributed by atoms with van der Waals surface area (Å²) in [7, 11) is -1.98. The largest absolute Gasteiger partial charge is 0.496 e. The van der Waals surface area contributed by atoms with Crippen LogP contribution in [0.4, 0.5) is 5.69 Å². The van der Waals surface area contributed by atoms with Gasteiger partial charge in [0, 0.05) is 23.6 Å². The molecule has 1 aliphatic heterocycles. The summed E-state index contributed by atoms with van der Waals surface area (Å²) >= 11 is 6.04. The number of hydrogen-bond acceptors (Lipinski definition) is 5. The Hall–Kier alpha value is -2.45. The van der Waals surface area contributed by atoms with Crippen molar-refractivity contribution >= 4 is 33.2 Å². The maximum absolute atomic E-state index is 12.9. The molecule has 0 fully saturated rings. The molecule has 0 saturated carbocycles. The fraction of sp³-hybridized carbons (Fsp3) is 0.350. The number of ether oxygens (including phenoxy) is 2. The number of rotatable bonds is 5. The Balaban J connectivity index is 1.83. The molecule has 0 bridgehead atoms. The highest BCUT2D eigenvalue weighted by molar-refractivity contribution is 7.92. The molecule has 9 heteroatoms. The van der Waals surface area contributed by atoms with Crippen LogP contribution in [-0.2, 0) is 14.8 Å². The highest BCUT2D eigenvalue weighted by Crippen LogP contribution is 2.36. The van der Waals surface area contributed by atoms with Gasteiger partial charge in [-0.2, -0.15) is 0 Å². The average molecular weight is 439 g/mol. The third kappa shape index (κ3) is 4.76. The van der Waals surface area contributed by atoms with Gasteiger partial charge in [-0.25, -0.2) is 8.42 Å². The van der Waals surface area contributed by atoms with Crippen LogP contribution in [-0.4, -0.2) is 40.3 Å². The lowest BCUT2D eigenvalue weighted by Crippen LogP contribution is -2.40. The lowest BCUT2D eigenvalue weighted by Gasteiger charge is -2.21. The number of sulfonamides is 1. The van der Waals surface area contributed by atoms with Gasteiger partial charge in [-0.1, -0.05) is 29.8 Å². The van der Waals surface area contributed by atoms with Gasteiger partial charge in [-0.3, -0.25) is 9.10 Å². The van der Waals surface area contributed by atoms with Crippen molar-refractivity contribution < 1.29 is 22.7 Å². The average Bonchev–Trinajstić information content (AvgIpc) is 2.87. The minimum atomic E-state index is -3.56. The highest BCUT2D eigenvalue weighted by Gasteiger charge is 2.32. The predicted octanol–water partition coefficient (Wildman–Crippen LogP) is 3.14. The second kappa shape index (κ2) is 8.51. The van der Waals surface area contributed by atoms with Crippen LogP contribution in [0, 0.1) is 0 Å². The van der Waals surface area contributed by atoms with Crippen LogP contribution in [0.15, 0.2) is 42.5 Å². The maximum atomic E-state index is 12.9. The van der Waals surface area contributed by atoms with Crippen LogP contribution in [0.3, 0.4) is 0 Å². The fourth-order valence-electron chi connectivity index (χ4n) is 3.29. The fourth-order valence-corrected chi connectivity index (χ4v) is 4.39. The van der Waals surface area contributed by atoms with Crippen molar-refractivity contribution in [3.63, 3.8) is 0 Å². The second-order valence-electron chi connectivity index (χ2n) is 6.81. The smallest absolute Gasteiger partial charge is 0.261 e. The van der Waals surface area contributed by atoms with Crippen molar-refractivity contribution in [2.75, 3.05) is 24.2 Å². The Morgan fingerprint density at radius 3 is 2.72 bits per heavy atom. The SMILES string of the molecule is COc1ccccc1[C@H](C)NC(=O)[C@H]1CCN(S(C)(=O)=O)c2cc(Cl)ccc2O1. The summed E-state index contributed by atoms with van der Waals surface area (Å²) in [5.74, 6) is 0.632. The van der Waals surface area contributed by atoms with E-state index in [0.29, 0.717) is 22.2 Å². The molecule has 2 aromatic carbocycles.